The van der Waals surface area contributed by atoms with Crippen LogP contribution in [0.2, 0.25) is 0 Å². The number of carbonyl (C=O) groups is 1. The summed E-state index contributed by atoms with van der Waals surface area (Å²) in [6.45, 7) is 0.192. The van der Waals surface area contributed by atoms with Crippen LogP contribution in [0.1, 0.15) is 10.6 Å². The highest BCUT2D eigenvalue weighted by atomic mass is 32.2. The summed E-state index contributed by atoms with van der Waals surface area (Å²) in [6, 6.07) is 2.97. The number of hydrogen-bond donors (Lipinski definition) is 1. The Morgan fingerprint density at radius 3 is 2.80 bits per heavy atom. The van der Waals surface area contributed by atoms with Gasteiger partial charge in [-0.25, -0.2) is 13.4 Å². The van der Waals surface area contributed by atoms with E-state index in [1.165, 1.54) is 34.8 Å². The summed E-state index contributed by atoms with van der Waals surface area (Å²) in [7, 11) is -2.13. The van der Waals surface area contributed by atoms with Crippen LogP contribution in [0.5, 0.6) is 0 Å². The van der Waals surface area contributed by atoms with Gasteiger partial charge in [-0.05, 0) is 12.1 Å². The number of nitrogens with zero attached hydrogens (tertiary/aromatic N) is 2. The second-order valence-corrected chi connectivity index (χ2v) is 8.19. The van der Waals surface area contributed by atoms with Gasteiger partial charge in [-0.1, -0.05) is 0 Å². The van der Waals surface area contributed by atoms with Crippen LogP contribution in [0.3, 0.4) is 0 Å². The molecule has 9 heteroatoms. The van der Waals surface area contributed by atoms with Gasteiger partial charge in [0.1, 0.15) is 4.21 Å². The first-order valence-corrected chi connectivity index (χ1v) is 8.73. The van der Waals surface area contributed by atoms with Gasteiger partial charge in [0.2, 0.25) is 0 Å². The number of thiophene rings is 1. The number of sulfonamides is 1. The van der Waals surface area contributed by atoms with Gasteiger partial charge in [0.25, 0.3) is 10.0 Å². The molecule has 1 N–H and O–H groups in total. The van der Waals surface area contributed by atoms with Gasteiger partial charge < -0.3 is 5.11 Å². The third-order valence-corrected chi connectivity index (χ3v) is 6.49. The minimum Gasteiger partial charge on any atom is -0.481 e. The lowest BCUT2D eigenvalue weighted by Gasteiger charge is -2.14. The highest BCUT2D eigenvalue weighted by Gasteiger charge is 2.23. The Morgan fingerprint density at radius 1 is 1.45 bits per heavy atom. The van der Waals surface area contributed by atoms with Crippen LogP contribution >= 0.6 is 22.7 Å². The summed E-state index contributed by atoms with van der Waals surface area (Å²) in [5, 5.41) is 10.5. The molecule has 0 spiro atoms. The molecule has 2 aromatic heterocycles. The van der Waals surface area contributed by atoms with Crippen molar-refractivity contribution in [3.8, 4) is 0 Å². The van der Waals surface area contributed by atoms with Gasteiger partial charge in [-0.3, -0.25) is 4.79 Å². The summed E-state index contributed by atoms with van der Waals surface area (Å²) in [5.74, 6) is -0.980. The smallest absolute Gasteiger partial charge is 0.308 e. The zero-order chi connectivity index (χ0) is 14.8. The molecule has 20 heavy (non-hydrogen) atoms. The van der Waals surface area contributed by atoms with E-state index >= 15 is 0 Å². The summed E-state index contributed by atoms with van der Waals surface area (Å²) in [6.07, 6.45) is -0.171. The maximum atomic E-state index is 12.3. The van der Waals surface area contributed by atoms with E-state index < -0.39 is 16.0 Å². The van der Waals surface area contributed by atoms with E-state index in [4.69, 9.17) is 5.11 Å². The monoisotopic (exact) mass is 332 g/mol. The zero-order valence-electron chi connectivity index (χ0n) is 10.5. The largest absolute Gasteiger partial charge is 0.481 e. The van der Waals surface area contributed by atoms with Crippen molar-refractivity contribution >= 4 is 38.7 Å². The van der Waals surface area contributed by atoms with Gasteiger partial charge in [0.05, 0.1) is 24.2 Å². The predicted molar refractivity (Wildman–Crippen MR) is 76.4 cm³/mol. The van der Waals surface area contributed by atoms with Crippen LogP contribution in [0.15, 0.2) is 27.2 Å². The van der Waals surface area contributed by atoms with Crippen LogP contribution in [-0.4, -0.2) is 35.8 Å². The van der Waals surface area contributed by atoms with Gasteiger partial charge in [-0.2, -0.15) is 4.31 Å². The number of thiazole rings is 1. The molecule has 0 aliphatic rings. The SMILES string of the molecule is CN(Cc1cscn1)S(=O)(=O)c1ccc(CC(=O)O)s1. The number of carboxylic acid groups (broad SMARTS) is 1. The molecule has 108 valence electrons. The molecule has 0 atom stereocenters. The van der Waals surface area contributed by atoms with Crippen LogP contribution in [-0.2, 0) is 27.8 Å². The normalized spacial score (nSPS) is 11.9. The number of carboxylic acids is 1. The Balaban J connectivity index is 2.16. The van der Waals surface area contributed by atoms with E-state index in [2.05, 4.69) is 4.98 Å². The van der Waals surface area contributed by atoms with E-state index in [1.807, 2.05) is 0 Å². The van der Waals surface area contributed by atoms with Gasteiger partial charge in [-0.15, -0.1) is 22.7 Å². The van der Waals surface area contributed by atoms with E-state index in [9.17, 15) is 13.2 Å². The molecule has 0 aliphatic carbocycles. The molecule has 0 fully saturated rings. The van der Waals surface area contributed by atoms with Crippen LogP contribution in [0.25, 0.3) is 0 Å². The van der Waals surface area contributed by atoms with Crippen molar-refractivity contribution in [3.05, 3.63) is 33.6 Å². The van der Waals surface area contributed by atoms with E-state index in [-0.39, 0.29) is 17.2 Å². The first-order chi connectivity index (χ1) is 9.39. The van der Waals surface area contributed by atoms with E-state index in [1.54, 1.807) is 10.9 Å². The second kappa shape index (κ2) is 6.00. The lowest BCUT2D eigenvalue weighted by molar-refractivity contribution is -0.136. The zero-order valence-corrected chi connectivity index (χ0v) is 13.0. The maximum Gasteiger partial charge on any atom is 0.308 e. The van der Waals surface area contributed by atoms with Crippen molar-refractivity contribution in [2.45, 2.75) is 17.2 Å². The van der Waals surface area contributed by atoms with Crippen LogP contribution in [0, 0.1) is 0 Å². The molecule has 0 unspecified atom stereocenters. The summed E-state index contributed by atoms with van der Waals surface area (Å²) >= 11 is 2.38. The molecule has 6 nitrogen and oxygen atoms in total. The topological polar surface area (TPSA) is 87.6 Å². The molecule has 2 heterocycles. The fourth-order valence-electron chi connectivity index (χ4n) is 1.52. The Morgan fingerprint density at radius 2 is 2.20 bits per heavy atom. The van der Waals surface area contributed by atoms with Crippen molar-refractivity contribution < 1.29 is 18.3 Å². The van der Waals surface area contributed by atoms with Gasteiger partial charge in [0, 0.05) is 17.3 Å². The van der Waals surface area contributed by atoms with Crippen molar-refractivity contribution in [1.82, 2.24) is 9.29 Å². The first kappa shape index (κ1) is 15.1. The summed E-state index contributed by atoms with van der Waals surface area (Å²) in [4.78, 5) is 15.2. The molecule has 0 aliphatic heterocycles. The standard InChI is InChI=1S/C11H12N2O4S3/c1-13(5-8-6-18-7-12-8)20(16,17)11-3-2-9(19-11)4-10(14)15/h2-3,6-7H,4-5H2,1H3,(H,14,15). The highest BCUT2D eigenvalue weighted by molar-refractivity contribution is 7.91. The molecule has 0 amide bonds. The number of hydrogen-bond acceptors (Lipinski definition) is 6. The fourth-order valence-corrected chi connectivity index (χ4v) is 4.77. The Kier molecular flexibility index (Phi) is 4.53. The summed E-state index contributed by atoms with van der Waals surface area (Å²) < 4.78 is 26.0. The molecule has 0 aromatic carbocycles. The quantitative estimate of drug-likeness (QED) is 0.869. The average molecular weight is 332 g/mol. The molecule has 2 aromatic rings. The Labute approximate surface area is 124 Å². The lowest BCUT2D eigenvalue weighted by atomic mass is 10.3. The molecule has 0 bridgehead atoms. The number of aliphatic carboxylic acids is 1. The molecule has 0 saturated heterocycles. The molecule has 2 rings (SSSR count). The van der Waals surface area contributed by atoms with Crippen molar-refractivity contribution in [2.75, 3.05) is 7.05 Å². The molecule has 0 saturated carbocycles. The van der Waals surface area contributed by atoms with E-state index in [0.29, 0.717) is 10.6 Å². The number of aromatic nitrogens is 1. The Bertz CT molecular complexity index is 691. The molecular formula is C11H12N2O4S3. The van der Waals surface area contributed by atoms with Crippen LogP contribution in [0.4, 0.5) is 0 Å². The van der Waals surface area contributed by atoms with Crippen LogP contribution < -0.4 is 0 Å². The lowest BCUT2D eigenvalue weighted by Crippen LogP contribution is -2.25. The first-order valence-electron chi connectivity index (χ1n) is 5.53. The Hall–Kier alpha value is -1.29. The maximum absolute atomic E-state index is 12.3. The van der Waals surface area contributed by atoms with Crippen molar-refractivity contribution in [3.63, 3.8) is 0 Å². The average Bonchev–Trinajstić information content (AvgIpc) is 2.99. The third kappa shape index (κ3) is 3.42. The van der Waals surface area contributed by atoms with Crippen molar-refractivity contribution in [1.29, 1.82) is 0 Å². The predicted octanol–water partition coefficient (Wildman–Crippen LogP) is 1.65. The van der Waals surface area contributed by atoms with Gasteiger partial charge >= 0.3 is 5.97 Å². The van der Waals surface area contributed by atoms with Gasteiger partial charge in [0.15, 0.2) is 0 Å². The molecular weight excluding hydrogens is 320 g/mol. The molecule has 0 radical (unpaired) electrons. The third-order valence-electron chi connectivity index (χ3n) is 2.50. The highest BCUT2D eigenvalue weighted by Crippen LogP contribution is 2.25. The number of rotatable bonds is 6. The van der Waals surface area contributed by atoms with E-state index in [0.717, 1.165) is 11.3 Å². The summed E-state index contributed by atoms with van der Waals surface area (Å²) in [5.41, 5.74) is 2.33. The second-order valence-electron chi connectivity index (χ2n) is 4.03. The minimum atomic E-state index is -3.61. The minimum absolute atomic E-state index is 0.145. The fraction of sp³-hybridized carbons (Fsp3) is 0.273. The van der Waals surface area contributed by atoms with Crippen molar-refractivity contribution in [2.24, 2.45) is 0 Å².